The molecule has 0 aliphatic heterocycles. The molecular formula is C22H39NO3. The van der Waals surface area contributed by atoms with Crippen molar-refractivity contribution < 1.29 is 14.7 Å². The average molecular weight is 366 g/mol. The van der Waals surface area contributed by atoms with E-state index in [4.69, 9.17) is 5.73 Å². The molecule has 1 rings (SSSR count). The summed E-state index contributed by atoms with van der Waals surface area (Å²) >= 11 is 0. The molecule has 1 aliphatic carbocycles. The summed E-state index contributed by atoms with van der Waals surface area (Å²) in [4.78, 5) is 25.8. The Hall–Kier alpha value is -1.00. The number of aliphatic hydroxyl groups is 1. The Morgan fingerprint density at radius 1 is 1.04 bits per heavy atom. The van der Waals surface area contributed by atoms with Gasteiger partial charge in [0.1, 0.15) is 5.60 Å². The molecule has 1 aliphatic rings. The number of carbonyl (C=O) groups is 2. The lowest BCUT2D eigenvalue weighted by atomic mass is 9.75. The Morgan fingerprint density at radius 2 is 1.58 bits per heavy atom. The summed E-state index contributed by atoms with van der Waals surface area (Å²) in [7, 11) is 0. The number of Topliss-reactive ketones (excluding diaryl/α,β-unsaturated/α-hetero) is 2. The molecule has 0 amide bonds. The van der Waals surface area contributed by atoms with Crippen LogP contribution in [0.4, 0.5) is 0 Å². The molecule has 0 fully saturated rings. The van der Waals surface area contributed by atoms with Crippen molar-refractivity contribution in [2.75, 3.05) is 0 Å². The van der Waals surface area contributed by atoms with E-state index in [2.05, 4.69) is 27.7 Å². The first kappa shape index (κ1) is 23.0. The van der Waals surface area contributed by atoms with Crippen LogP contribution in [0, 0.1) is 23.7 Å². The molecule has 0 aromatic carbocycles. The van der Waals surface area contributed by atoms with Gasteiger partial charge >= 0.3 is 0 Å². The number of hydrogen-bond acceptors (Lipinski definition) is 4. The molecule has 0 aromatic heterocycles. The van der Waals surface area contributed by atoms with Crippen LogP contribution >= 0.6 is 0 Å². The highest BCUT2D eigenvalue weighted by Gasteiger charge is 2.54. The topological polar surface area (TPSA) is 80.4 Å². The third kappa shape index (κ3) is 5.04. The normalized spacial score (nSPS) is 25.1. The van der Waals surface area contributed by atoms with Crippen LogP contribution in [0.2, 0.25) is 0 Å². The van der Waals surface area contributed by atoms with E-state index in [0.717, 1.165) is 12.8 Å². The van der Waals surface area contributed by atoms with Crippen LogP contribution in [-0.2, 0) is 9.59 Å². The second-order valence-electron chi connectivity index (χ2n) is 9.31. The minimum Gasteiger partial charge on any atom is -0.383 e. The van der Waals surface area contributed by atoms with Gasteiger partial charge in [-0.1, -0.05) is 48.0 Å². The largest absolute Gasteiger partial charge is 0.383 e. The van der Waals surface area contributed by atoms with Crippen LogP contribution in [0.3, 0.4) is 0 Å². The van der Waals surface area contributed by atoms with E-state index in [9.17, 15) is 14.7 Å². The third-order valence-electron chi connectivity index (χ3n) is 5.60. The quantitative estimate of drug-likeness (QED) is 0.572. The van der Waals surface area contributed by atoms with E-state index in [1.807, 2.05) is 13.8 Å². The van der Waals surface area contributed by atoms with Gasteiger partial charge in [-0.15, -0.1) is 0 Å². The highest BCUT2D eigenvalue weighted by Crippen LogP contribution is 2.44. The van der Waals surface area contributed by atoms with Gasteiger partial charge in [0.25, 0.3) is 0 Å². The van der Waals surface area contributed by atoms with Crippen LogP contribution in [0.1, 0.15) is 80.6 Å². The van der Waals surface area contributed by atoms with Crippen molar-refractivity contribution in [1.29, 1.82) is 0 Å². The van der Waals surface area contributed by atoms with E-state index < -0.39 is 17.6 Å². The number of ketones is 2. The molecule has 4 heteroatoms. The molecule has 150 valence electrons. The number of nitrogens with two attached hydrogens (primary N) is 1. The Bertz CT molecular complexity index is 548. The number of carbonyl (C=O) groups excluding carboxylic acids is 2. The molecular weight excluding hydrogens is 326 g/mol. The standard InChI is InChI=1S/C22H39NO3/c1-13(2)8-10-17-21(25)20(18(24)12-15(5)6)16(7)22(17,26)19(23)11-9-14(3)4/h13-15,17,19,26H,8-12,23H2,1-7H3/t17?,19-,22+/m0/s1. The lowest BCUT2D eigenvalue weighted by Gasteiger charge is -2.37. The molecule has 26 heavy (non-hydrogen) atoms. The Morgan fingerprint density at radius 3 is 2.04 bits per heavy atom. The molecule has 0 aromatic rings. The van der Waals surface area contributed by atoms with Crippen molar-refractivity contribution in [2.24, 2.45) is 29.4 Å². The Labute approximate surface area is 159 Å². The first-order valence-corrected chi connectivity index (χ1v) is 10.2. The zero-order valence-electron chi connectivity index (χ0n) is 17.8. The van der Waals surface area contributed by atoms with Gasteiger partial charge in [-0.25, -0.2) is 0 Å². The summed E-state index contributed by atoms with van der Waals surface area (Å²) in [5, 5.41) is 11.6. The molecule has 0 spiro atoms. The van der Waals surface area contributed by atoms with Gasteiger partial charge in [0.2, 0.25) is 0 Å². The van der Waals surface area contributed by atoms with Gasteiger partial charge in [0.15, 0.2) is 11.6 Å². The summed E-state index contributed by atoms with van der Waals surface area (Å²) in [5.41, 5.74) is 5.74. The van der Waals surface area contributed by atoms with Crippen molar-refractivity contribution in [3.63, 3.8) is 0 Å². The van der Waals surface area contributed by atoms with Gasteiger partial charge in [0.05, 0.1) is 11.5 Å². The van der Waals surface area contributed by atoms with Crippen molar-refractivity contribution in [3.05, 3.63) is 11.1 Å². The molecule has 0 heterocycles. The maximum absolute atomic E-state index is 13.1. The fraction of sp³-hybridized carbons (Fsp3) is 0.818. The minimum atomic E-state index is -1.40. The molecule has 0 radical (unpaired) electrons. The summed E-state index contributed by atoms with van der Waals surface area (Å²) < 4.78 is 0. The van der Waals surface area contributed by atoms with Crippen molar-refractivity contribution in [1.82, 2.24) is 0 Å². The van der Waals surface area contributed by atoms with E-state index in [1.54, 1.807) is 6.92 Å². The van der Waals surface area contributed by atoms with Gasteiger partial charge in [-0.3, -0.25) is 9.59 Å². The van der Waals surface area contributed by atoms with Crippen molar-refractivity contribution in [2.45, 2.75) is 92.2 Å². The molecule has 0 saturated carbocycles. The van der Waals surface area contributed by atoms with E-state index in [-0.39, 0.29) is 23.1 Å². The predicted octanol–water partition coefficient (Wildman–Crippen LogP) is 4.05. The summed E-state index contributed by atoms with van der Waals surface area (Å²) in [6.45, 7) is 14.1. The SMILES string of the molecule is CC1=C(C(=O)CC(C)C)C(=O)C(CCC(C)C)[C@@]1(O)[C@@H](N)CCC(C)C. The lowest BCUT2D eigenvalue weighted by molar-refractivity contribution is -0.127. The minimum absolute atomic E-state index is 0.149. The molecule has 0 saturated heterocycles. The van der Waals surface area contributed by atoms with Crippen LogP contribution in [0.15, 0.2) is 11.1 Å². The van der Waals surface area contributed by atoms with E-state index in [0.29, 0.717) is 36.7 Å². The Balaban J connectivity index is 3.24. The first-order chi connectivity index (χ1) is 11.9. The Kier molecular flexibility index (Phi) is 8.22. The maximum atomic E-state index is 13.1. The monoisotopic (exact) mass is 365 g/mol. The smallest absolute Gasteiger partial charge is 0.172 e. The van der Waals surface area contributed by atoms with E-state index in [1.165, 1.54) is 0 Å². The maximum Gasteiger partial charge on any atom is 0.172 e. The second-order valence-corrected chi connectivity index (χ2v) is 9.31. The van der Waals surface area contributed by atoms with Crippen molar-refractivity contribution in [3.8, 4) is 0 Å². The zero-order chi connectivity index (χ0) is 20.2. The van der Waals surface area contributed by atoms with Gasteiger partial charge < -0.3 is 10.8 Å². The van der Waals surface area contributed by atoms with Crippen molar-refractivity contribution >= 4 is 11.6 Å². The second kappa shape index (κ2) is 9.27. The number of hydrogen-bond donors (Lipinski definition) is 2. The molecule has 1 unspecified atom stereocenters. The van der Waals surface area contributed by atoms with Crippen LogP contribution < -0.4 is 5.73 Å². The average Bonchev–Trinajstić information content (AvgIpc) is 2.69. The summed E-state index contributed by atoms with van der Waals surface area (Å²) in [6, 6.07) is -0.532. The van der Waals surface area contributed by atoms with Gasteiger partial charge in [0, 0.05) is 12.5 Å². The third-order valence-corrected chi connectivity index (χ3v) is 5.60. The fourth-order valence-corrected chi connectivity index (χ4v) is 3.96. The molecule has 3 N–H and O–H groups in total. The number of allylic oxidation sites excluding steroid dienone is 1. The lowest BCUT2D eigenvalue weighted by Crippen LogP contribution is -2.53. The van der Waals surface area contributed by atoms with Crippen LogP contribution in [0.5, 0.6) is 0 Å². The first-order valence-electron chi connectivity index (χ1n) is 10.2. The molecule has 0 bridgehead atoms. The summed E-state index contributed by atoms with van der Waals surface area (Å²) in [6.07, 6.45) is 3.25. The molecule has 3 atom stereocenters. The van der Waals surface area contributed by atoms with Crippen LogP contribution in [0.25, 0.3) is 0 Å². The predicted molar refractivity (Wildman–Crippen MR) is 107 cm³/mol. The van der Waals surface area contributed by atoms with Crippen LogP contribution in [-0.4, -0.2) is 28.3 Å². The fourth-order valence-electron chi connectivity index (χ4n) is 3.96. The van der Waals surface area contributed by atoms with Gasteiger partial charge in [-0.05, 0) is 49.5 Å². The molecule has 4 nitrogen and oxygen atoms in total. The highest BCUT2D eigenvalue weighted by atomic mass is 16.3. The summed E-state index contributed by atoms with van der Waals surface area (Å²) in [5.74, 6) is 0.128. The van der Waals surface area contributed by atoms with Gasteiger partial charge in [-0.2, -0.15) is 0 Å². The van der Waals surface area contributed by atoms with E-state index >= 15 is 0 Å². The zero-order valence-corrected chi connectivity index (χ0v) is 17.8. The number of rotatable bonds is 10. The highest BCUT2D eigenvalue weighted by molar-refractivity contribution is 6.24.